The Kier molecular flexibility index (Phi) is 6.18. The molecule has 0 amide bonds. The number of hydrogen-bond donors (Lipinski definition) is 1. The van der Waals surface area contributed by atoms with Crippen molar-refractivity contribution in [3.8, 4) is 0 Å². The van der Waals surface area contributed by atoms with Gasteiger partial charge in [-0.25, -0.2) is 0 Å². The third kappa shape index (κ3) is 3.63. The van der Waals surface area contributed by atoms with E-state index in [0.29, 0.717) is 5.41 Å². The summed E-state index contributed by atoms with van der Waals surface area (Å²) in [5.74, 6) is 5.25. The largest absolute Gasteiger partial charge is 0.393 e. The van der Waals surface area contributed by atoms with Crippen molar-refractivity contribution >= 4 is 11.6 Å². The fourth-order valence-corrected chi connectivity index (χ4v) is 9.73. The molecular weight excluding hydrogens is 376 g/mol. The van der Waals surface area contributed by atoms with Crippen LogP contribution < -0.4 is 0 Å². The monoisotopic (exact) mass is 422 g/mol. The molecular formula is C27H47ClO. The maximum absolute atomic E-state index is 10.3. The molecule has 0 radical (unpaired) electrons. The van der Waals surface area contributed by atoms with Gasteiger partial charge in [-0.05, 0) is 104 Å². The zero-order valence-corrected chi connectivity index (χ0v) is 20.6. The van der Waals surface area contributed by atoms with Gasteiger partial charge in [0.1, 0.15) is 0 Å². The Morgan fingerprint density at radius 2 is 1.66 bits per heavy atom. The second-order valence-electron chi connectivity index (χ2n) is 12.7. The molecule has 4 aliphatic carbocycles. The van der Waals surface area contributed by atoms with Crippen LogP contribution in [0.5, 0.6) is 0 Å². The fourth-order valence-electron chi connectivity index (χ4n) is 9.21. The van der Waals surface area contributed by atoms with Crippen LogP contribution in [0.3, 0.4) is 0 Å². The Morgan fingerprint density at radius 1 is 0.897 bits per heavy atom. The second-order valence-corrected chi connectivity index (χ2v) is 13.4. The highest BCUT2D eigenvalue weighted by Gasteiger charge is 2.64. The lowest BCUT2D eigenvalue weighted by molar-refractivity contribution is -0.118. The SMILES string of the molecule is CC(C)CCC[C@@H](C)[C@@H]1CC[C@@H]2[C@@H]3CC[C@@]4(Cl)C[C@H](O)CC[C@]4(C)[C@H]3CC[C@@]21C. The summed E-state index contributed by atoms with van der Waals surface area (Å²) < 4.78 is 0. The molecule has 29 heavy (non-hydrogen) atoms. The molecule has 0 aliphatic heterocycles. The number of aliphatic hydroxyl groups excluding tert-OH is 1. The highest BCUT2D eigenvalue weighted by atomic mass is 35.5. The number of halogens is 1. The van der Waals surface area contributed by atoms with Crippen molar-refractivity contribution in [1.29, 1.82) is 0 Å². The van der Waals surface area contributed by atoms with Crippen molar-refractivity contribution in [2.75, 3.05) is 0 Å². The van der Waals surface area contributed by atoms with Crippen LogP contribution in [0, 0.1) is 46.3 Å². The van der Waals surface area contributed by atoms with Crippen LogP contribution in [0.25, 0.3) is 0 Å². The third-order valence-electron chi connectivity index (χ3n) is 10.9. The van der Waals surface area contributed by atoms with E-state index in [0.717, 1.165) is 61.2 Å². The first-order chi connectivity index (χ1) is 13.6. The maximum Gasteiger partial charge on any atom is 0.0557 e. The Hall–Kier alpha value is 0.250. The summed E-state index contributed by atoms with van der Waals surface area (Å²) in [6.45, 7) is 12.5. The molecule has 1 N–H and O–H groups in total. The van der Waals surface area contributed by atoms with E-state index in [9.17, 15) is 5.11 Å². The van der Waals surface area contributed by atoms with Gasteiger partial charge in [-0.15, -0.1) is 11.6 Å². The molecule has 9 atom stereocenters. The Bertz CT molecular complexity index is 589. The minimum absolute atomic E-state index is 0.151. The lowest BCUT2D eigenvalue weighted by Crippen LogP contribution is -2.60. The molecule has 0 heterocycles. The molecule has 0 aromatic heterocycles. The molecule has 0 spiro atoms. The standard InChI is InChI=1S/C27H47ClO/c1-18(2)7-6-8-19(3)22-9-10-23-21-12-16-27(28)17-20(29)11-15-26(27,5)24(21)13-14-25(22,23)4/h18-24,29H,6-17H2,1-5H3/t19-,20-,21+,22+,23-,24+,25-,26-,27-/m1/s1. The first-order valence-electron chi connectivity index (χ1n) is 13.0. The van der Waals surface area contributed by atoms with E-state index >= 15 is 0 Å². The number of hydrogen-bond acceptors (Lipinski definition) is 1. The van der Waals surface area contributed by atoms with Crippen LogP contribution in [0.4, 0.5) is 0 Å². The van der Waals surface area contributed by atoms with Crippen molar-refractivity contribution in [2.24, 2.45) is 46.3 Å². The summed E-state index contributed by atoms with van der Waals surface area (Å²) in [5, 5.41) is 10.3. The summed E-state index contributed by atoms with van der Waals surface area (Å²) in [5.41, 5.74) is 0.800. The molecule has 0 aromatic carbocycles. The highest BCUT2D eigenvalue weighted by Crippen LogP contribution is 2.70. The summed E-state index contributed by atoms with van der Waals surface area (Å²) >= 11 is 7.31. The second kappa shape index (κ2) is 7.99. The van der Waals surface area contributed by atoms with Crippen LogP contribution in [-0.4, -0.2) is 16.1 Å². The highest BCUT2D eigenvalue weighted by molar-refractivity contribution is 6.24. The summed E-state index contributed by atoms with van der Waals surface area (Å²) in [7, 11) is 0. The predicted octanol–water partition coefficient (Wildman–Crippen LogP) is 7.83. The summed E-state index contributed by atoms with van der Waals surface area (Å²) in [6.07, 6.45) is 15.2. The van der Waals surface area contributed by atoms with Gasteiger partial charge in [0.15, 0.2) is 0 Å². The van der Waals surface area contributed by atoms with E-state index in [-0.39, 0.29) is 16.4 Å². The van der Waals surface area contributed by atoms with Crippen molar-refractivity contribution in [1.82, 2.24) is 0 Å². The predicted molar refractivity (Wildman–Crippen MR) is 124 cm³/mol. The lowest BCUT2D eigenvalue weighted by Gasteiger charge is -2.64. The maximum atomic E-state index is 10.3. The van der Waals surface area contributed by atoms with Gasteiger partial charge in [0.25, 0.3) is 0 Å². The minimum Gasteiger partial charge on any atom is -0.393 e. The van der Waals surface area contributed by atoms with Crippen molar-refractivity contribution < 1.29 is 5.11 Å². The van der Waals surface area contributed by atoms with Gasteiger partial charge >= 0.3 is 0 Å². The van der Waals surface area contributed by atoms with Crippen molar-refractivity contribution in [2.45, 2.75) is 123 Å². The molecule has 0 bridgehead atoms. The van der Waals surface area contributed by atoms with E-state index in [1.54, 1.807) is 0 Å². The summed E-state index contributed by atoms with van der Waals surface area (Å²) in [4.78, 5) is -0.151. The summed E-state index contributed by atoms with van der Waals surface area (Å²) in [6, 6.07) is 0. The molecule has 168 valence electrons. The molecule has 0 saturated heterocycles. The van der Waals surface area contributed by atoms with Crippen LogP contribution >= 0.6 is 11.6 Å². The van der Waals surface area contributed by atoms with Gasteiger partial charge in [-0.1, -0.05) is 53.9 Å². The molecule has 4 aliphatic rings. The first-order valence-corrected chi connectivity index (χ1v) is 13.4. The molecule has 2 heteroatoms. The minimum atomic E-state index is -0.173. The van der Waals surface area contributed by atoms with Gasteiger partial charge in [0.05, 0.1) is 11.0 Å². The molecule has 1 nitrogen and oxygen atoms in total. The average Bonchev–Trinajstić information content (AvgIpc) is 2.99. The Labute approximate surface area is 185 Å². The molecule has 4 rings (SSSR count). The third-order valence-corrected chi connectivity index (χ3v) is 11.7. The van der Waals surface area contributed by atoms with Crippen molar-refractivity contribution in [3.63, 3.8) is 0 Å². The first kappa shape index (κ1) is 22.4. The molecule has 4 saturated carbocycles. The topological polar surface area (TPSA) is 20.2 Å². The Morgan fingerprint density at radius 3 is 2.38 bits per heavy atom. The number of aliphatic hydroxyl groups is 1. The fraction of sp³-hybridized carbons (Fsp3) is 1.00. The molecule has 0 unspecified atom stereocenters. The normalized spacial score (nSPS) is 50.7. The van der Waals surface area contributed by atoms with Crippen LogP contribution in [0.15, 0.2) is 0 Å². The quantitative estimate of drug-likeness (QED) is 0.447. The van der Waals surface area contributed by atoms with E-state index in [1.807, 2.05) is 0 Å². The zero-order valence-electron chi connectivity index (χ0n) is 19.9. The smallest absolute Gasteiger partial charge is 0.0557 e. The lowest BCUT2D eigenvalue weighted by atomic mass is 9.44. The van der Waals surface area contributed by atoms with Gasteiger partial charge in [0.2, 0.25) is 0 Å². The van der Waals surface area contributed by atoms with E-state index in [4.69, 9.17) is 11.6 Å². The van der Waals surface area contributed by atoms with E-state index in [1.165, 1.54) is 51.4 Å². The Balaban J connectivity index is 1.49. The number of fused-ring (bicyclic) bond motifs is 5. The average molecular weight is 423 g/mol. The molecule has 4 fully saturated rings. The molecule has 0 aromatic rings. The van der Waals surface area contributed by atoms with Crippen LogP contribution in [-0.2, 0) is 0 Å². The zero-order chi connectivity index (χ0) is 21.0. The van der Waals surface area contributed by atoms with Crippen molar-refractivity contribution in [3.05, 3.63) is 0 Å². The van der Waals surface area contributed by atoms with Gasteiger partial charge in [-0.3, -0.25) is 0 Å². The number of alkyl halides is 1. The van der Waals surface area contributed by atoms with Crippen LogP contribution in [0.1, 0.15) is 112 Å². The van der Waals surface area contributed by atoms with E-state index < -0.39 is 0 Å². The van der Waals surface area contributed by atoms with Gasteiger partial charge in [0, 0.05) is 0 Å². The van der Waals surface area contributed by atoms with Gasteiger partial charge in [-0.2, -0.15) is 0 Å². The van der Waals surface area contributed by atoms with E-state index in [2.05, 4.69) is 34.6 Å². The van der Waals surface area contributed by atoms with Gasteiger partial charge < -0.3 is 5.11 Å². The number of rotatable bonds is 5. The van der Waals surface area contributed by atoms with Crippen LogP contribution in [0.2, 0.25) is 0 Å².